The number of nitrogens with zero attached hydrogens (tertiary/aromatic N) is 4. The lowest BCUT2D eigenvalue weighted by Crippen LogP contribution is -2.25. The van der Waals surface area contributed by atoms with Crippen LogP contribution in [-0.4, -0.2) is 32.8 Å². The van der Waals surface area contributed by atoms with Crippen LogP contribution in [0.4, 0.5) is 0 Å². The smallest absolute Gasteiger partial charge is 0.326 e. The van der Waals surface area contributed by atoms with Gasteiger partial charge in [0.05, 0.1) is 18.8 Å². The van der Waals surface area contributed by atoms with Gasteiger partial charge in [0.25, 0.3) is 11.4 Å². The van der Waals surface area contributed by atoms with Crippen molar-refractivity contribution in [2.45, 2.75) is 13.2 Å². The Morgan fingerprint density at radius 1 is 1.21 bits per heavy atom. The van der Waals surface area contributed by atoms with Crippen molar-refractivity contribution in [2.24, 2.45) is 0 Å². The molecule has 9 nitrogen and oxygen atoms in total. The van der Waals surface area contributed by atoms with Crippen LogP contribution >= 0.6 is 22.7 Å². The number of benzene rings is 1. The molecule has 0 radical (unpaired) electrons. The maximum atomic E-state index is 13.0. The summed E-state index contributed by atoms with van der Waals surface area (Å²) in [6.45, 7) is -0.489. The maximum Gasteiger partial charge on any atom is 0.326 e. The van der Waals surface area contributed by atoms with Gasteiger partial charge in [0, 0.05) is 21.4 Å². The number of fused-ring (bicyclic) bond motifs is 1. The lowest BCUT2D eigenvalue weighted by atomic mass is 10.2. The molecule has 0 aliphatic heterocycles. The van der Waals surface area contributed by atoms with Gasteiger partial charge in [0.2, 0.25) is 5.82 Å². The fraction of sp³-hybridized carbons (Fsp3) is 0.136. The van der Waals surface area contributed by atoms with Gasteiger partial charge in [-0.15, -0.1) is 22.7 Å². The Balaban J connectivity index is 1.28. The van der Waals surface area contributed by atoms with Crippen molar-refractivity contribution >= 4 is 38.9 Å². The highest BCUT2D eigenvalue weighted by molar-refractivity contribution is 7.18. The minimum Gasteiger partial charge on any atom is -0.497 e. The minimum atomic E-state index is -0.618. The number of hydrogen-bond donors (Lipinski definition) is 0. The zero-order valence-corrected chi connectivity index (χ0v) is 18.9. The standard InChI is InChI=1S/C22H16N4O5S2/c1-29-14-5-2-4-13(8-14)20-24-17(31-25-20)10-30-18(27)9-26-12-23-21-19(22(26)28)15(11-33-21)16-6-3-7-32-16/h2-8,11-12H,9-10H2,1H3. The van der Waals surface area contributed by atoms with E-state index in [0.29, 0.717) is 27.4 Å². The first-order chi connectivity index (χ1) is 16.1. The van der Waals surface area contributed by atoms with Gasteiger partial charge in [0.1, 0.15) is 17.1 Å². The fourth-order valence-corrected chi connectivity index (χ4v) is 4.93. The Kier molecular flexibility index (Phi) is 5.71. The van der Waals surface area contributed by atoms with Crippen molar-refractivity contribution in [3.8, 4) is 27.6 Å². The van der Waals surface area contributed by atoms with Crippen molar-refractivity contribution in [3.05, 3.63) is 69.7 Å². The number of aromatic nitrogens is 4. The third-order valence-electron chi connectivity index (χ3n) is 4.80. The topological polar surface area (TPSA) is 109 Å². The van der Waals surface area contributed by atoms with Crippen molar-refractivity contribution in [1.29, 1.82) is 0 Å². The molecule has 0 unspecified atom stereocenters. The van der Waals surface area contributed by atoms with Crippen LogP contribution in [0.2, 0.25) is 0 Å². The zero-order chi connectivity index (χ0) is 22.8. The number of hydrogen-bond acceptors (Lipinski definition) is 10. The molecule has 0 spiro atoms. The largest absolute Gasteiger partial charge is 0.497 e. The number of esters is 1. The van der Waals surface area contributed by atoms with E-state index < -0.39 is 5.97 Å². The molecule has 11 heteroatoms. The summed E-state index contributed by atoms with van der Waals surface area (Å²) in [6.07, 6.45) is 1.36. The number of rotatable bonds is 7. The van der Waals surface area contributed by atoms with E-state index in [1.54, 1.807) is 30.6 Å². The Morgan fingerprint density at radius 2 is 2.12 bits per heavy atom. The molecule has 0 atom stereocenters. The van der Waals surface area contributed by atoms with E-state index in [-0.39, 0.29) is 24.6 Å². The highest BCUT2D eigenvalue weighted by Crippen LogP contribution is 2.33. The van der Waals surface area contributed by atoms with Crippen molar-refractivity contribution < 1.29 is 18.8 Å². The van der Waals surface area contributed by atoms with E-state index in [1.165, 1.54) is 22.2 Å². The van der Waals surface area contributed by atoms with Gasteiger partial charge in [-0.05, 0) is 23.6 Å². The molecule has 0 N–H and O–H groups in total. The Bertz CT molecular complexity index is 1490. The Labute approximate surface area is 194 Å². The summed E-state index contributed by atoms with van der Waals surface area (Å²) in [7, 11) is 1.57. The Morgan fingerprint density at radius 3 is 2.94 bits per heavy atom. The maximum absolute atomic E-state index is 13.0. The number of methoxy groups -OCH3 is 1. The van der Waals surface area contributed by atoms with Crippen LogP contribution in [0, 0.1) is 0 Å². The van der Waals surface area contributed by atoms with Crippen LogP contribution in [0.25, 0.3) is 32.0 Å². The van der Waals surface area contributed by atoms with Gasteiger partial charge in [-0.3, -0.25) is 14.2 Å². The van der Waals surface area contributed by atoms with Crippen LogP contribution in [0.1, 0.15) is 5.89 Å². The molecular formula is C22H16N4O5S2. The van der Waals surface area contributed by atoms with Crippen LogP contribution < -0.4 is 10.3 Å². The summed E-state index contributed by atoms with van der Waals surface area (Å²) in [5.74, 6) is 0.533. The summed E-state index contributed by atoms with van der Waals surface area (Å²) < 4.78 is 16.8. The van der Waals surface area contributed by atoms with Gasteiger partial charge in [-0.25, -0.2) is 4.98 Å². The fourth-order valence-electron chi connectivity index (χ4n) is 3.21. The van der Waals surface area contributed by atoms with Crippen LogP contribution in [0.5, 0.6) is 5.75 Å². The lowest BCUT2D eigenvalue weighted by Gasteiger charge is -2.05. The van der Waals surface area contributed by atoms with Gasteiger partial charge >= 0.3 is 5.97 Å². The average Bonchev–Trinajstić information content (AvgIpc) is 3.60. The molecule has 0 fully saturated rings. The summed E-state index contributed by atoms with van der Waals surface area (Å²) in [4.78, 5) is 35.5. The van der Waals surface area contributed by atoms with Crippen LogP contribution in [0.3, 0.4) is 0 Å². The molecule has 0 bridgehead atoms. The van der Waals surface area contributed by atoms with Gasteiger partial charge in [-0.2, -0.15) is 4.98 Å². The predicted molar refractivity (Wildman–Crippen MR) is 123 cm³/mol. The van der Waals surface area contributed by atoms with Gasteiger partial charge in [0.15, 0.2) is 6.61 Å². The third-order valence-corrected chi connectivity index (χ3v) is 6.59. The highest BCUT2D eigenvalue weighted by atomic mass is 32.1. The van der Waals surface area contributed by atoms with E-state index in [0.717, 1.165) is 10.4 Å². The minimum absolute atomic E-state index is 0.139. The number of carbonyl (C=O) groups excluding carboxylic acids is 1. The zero-order valence-electron chi connectivity index (χ0n) is 17.3. The third kappa shape index (κ3) is 4.28. The van der Waals surface area contributed by atoms with E-state index in [4.69, 9.17) is 14.0 Å². The summed E-state index contributed by atoms with van der Waals surface area (Å²) in [6, 6.07) is 11.1. The SMILES string of the molecule is COc1cccc(-c2noc(COC(=O)Cn3cnc4scc(-c5cccs5)c4c3=O)n2)c1. The second kappa shape index (κ2) is 8.96. The molecule has 0 saturated heterocycles. The van der Waals surface area contributed by atoms with Crippen molar-refractivity contribution in [3.63, 3.8) is 0 Å². The molecule has 5 aromatic rings. The molecule has 4 aromatic heterocycles. The highest BCUT2D eigenvalue weighted by Gasteiger charge is 2.17. The first kappa shape index (κ1) is 21.0. The van der Waals surface area contributed by atoms with Crippen molar-refractivity contribution in [1.82, 2.24) is 19.7 Å². The molecular weight excluding hydrogens is 464 g/mol. The molecule has 4 heterocycles. The quantitative estimate of drug-likeness (QED) is 0.322. The predicted octanol–water partition coefficient (Wildman–Crippen LogP) is 3.99. The lowest BCUT2D eigenvalue weighted by molar-refractivity contribution is -0.146. The van der Waals surface area contributed by atoms with E-state index in [9.17, 15) is 9.59 Å². The molecule has 1 aromatic carbocycles. The Hall–Kier alpha value is -3.83. The first-order valence-electron chi connectivity index (χ1n) is 9.75. The molecule has 5 rings (SSSR count). The number of thiophene rings is 2. The molecule has 33 heavy (non-hydrogen) atoms. The monoisotopic (exact) mass is 480 g/mol. The van der Waals surface area contributed by atoms with E-state index in [1.807, 2.05) is 35.0 Å². The summed E-state index contributed by atoms with van der Waals surface area (Å²) >= 11 is 2.94. The second-order valence-electron chi connectivity index (χ2n) is 6.89. The van der Waals surface area contributed by atoms with E-state index in [2.05, 4.69) is 15.1 Å². The molecule has 0 amide bonds. The molecule has 0 aliphatic carbocycles. The molecule has 166 valence electrons. The second-order valence-corrected chi connectivity index (χ2v) is 8.69. The van der Waals surface area contributed by atoms with Gasteiger partial charge in [-0.1, -0.05) is 23.4 Å². The molecule has 0 saturated carbocycles. The number of ether oxygens (including phenoxy) is 2. The molecule has 0 aliphatic rings. The van der Waals surface area contributed by atoms with E-state index >= 15 is 0 Å². The van der Waals surface area contributed by atoms with Crippen molar-refractivity contribution in [2.75, 3.05) is 7.11 Å². The summed E-state index contributed by atoms with van der Waals surface area (Å²) in [5.41, 5.74) is 1.24. The van der Waals surface area contributed by atoms with Crippen LogP contribution in [0.15, 0.2) is 62.8 Å². The normalized spacial score (nSPS) is 11.1. The van der Waals surface area contributed by atoms with Gasteiger partial charge < -0.3 is 14.0 Å². The van der Waals surface area contributed by atoms with Crippen LogP contribution in [-0.2, 0) is 22.7 Å². The number of carbonyl (C=O) groups is 1. The summed E-state index contributed by atoms with van der Waals surface area (Å²) in [5, 5.41) is 8.25. The average molecular weight is 481 g/mol. The first-order valence-corrected chi connectivity index (χ1v) is 11.5.